The van der Waals surface area contributed by atoms with Gasteiger partial charge in [0.2, 0.25) is 0 Å². The maximum absolute atomic E-state index is 9.39. The van der Waals surface area contributed by atoms with E-state index in [2.05, 4.69) is 4.98 Å². The van der Waals surface area contributed by atoms with E-state index in [1.165, 1.54) is 0 Å². The lowest BCUT2D eigenvalue weighted by Gasteiger charge is -2.11. The lowest BCUT2D eigenvalue weighted by atomic mass is 9.77. The molecule has 0 aliphatic heterocycles. The van der Waals surface area contributed by atoms with Crippen LogP contribution in [-0.2, 0) is 0 Å². The SMILES string of the molecule is [2H]C([2H])([2H])c1cnc(C([2H])(C([2H])([2H])[2H])C([2H])([2H])C([2H])([2H])[2H])cc1B(O)O. The zero-order valence-electron chi connectivity index (χ0n) is 19.1. The fraction of sp³-hybridized carbons (Fsp3) is 0.500. The summed E-state index contributed by atoms with van der Waals surface area (Å²) >= 11 is 0. The average molecular weight is 205 g/mol. The minimum absolute atomic E-state index is 0.523. The molecule has 1 rings (SSSR count). The molecule has 0 saturated carbocycles. The lowest BCUT2D eigenvalue weighted by molar-refractivity contribution is 0.425. The molecule has 0 saturated heterocycles. The smallest absolute Gasteiger partial charge is 0.423 e. The molecule has 0 aliphatic carbocycles. The molecule has 3 nitrogen and oxygen atoms in total. The van der Waals surface area contributed by atoms with Crippen LogP contribution in [0.2, 0.25) is 0 Å². The quantitative estimate of drug-likeness (QED) is 0.710. The van der Waals surface area contributed by atoms with E-state index in [4.69, 9.17) is 16.4 Å². The highest BCUT2D eigenvalue weighted by Crippen LogP contribution is 2.15. The fourth-order valence-electron chi connectivity index (χ4n) is 0.885. The molecule has 1 atom stereocenters. The van der Waals surface area contributed by atoms with Crippen molar-refractivity contribution in [3.05, 3.63) is 23.5 Å². The number of aryl methyl sites for hydroxylation is 1. The van der Waals surface area contributed by atoms with Crippen LogP contribution in [-0.4, -0.2) is 22.2 Å². The maximum atomic E-state index is 9.39. The second kappa shape index (κ2) is 4.57. The minimum atomic E-state index is -3.63. The molecule has 0 amide bonds. The summed E-state index contributed by atoms with van der Waals surface area (Å²) < 4.78 is 90.0. The van der Waals surface area contributed by atoms with Gasteiger partial charge in [-0.15, -0.1) is 0 Å². The Morgan fingerprint density at radius 3 is 3.21 bits per heavy atom. The number of rotatable bonds is 3. The highest BCUT2D eigenvalue weighted by atomic mass is 16.4. The van der Waals surface area contributed by atoms with Crippen molar-refractivity contribution in [2.75, 3.05) is 0 Å². The Morgan fingerprint density at radius 1 is 1.79 bits per heavy atom. The standard InChI is InChI=1S/C10H16BNO2/c1-4-7(2)10-5-9(11(13)14)8(3)6-12-10/h5-7,13-14H,4H2,1-3H3/i1D3,2D3,3D3,4D2,7D. The Bertz CT molecular complexity index is 667. The monoisotopic (exact) mass is 205 g/mol. The van der Waals surface area contributed by atoms with Gasteiger partial charge in [0.1, 0.15) is 0 Å². The Labute approximate surface area is 102 Å². The van der Waals surface area contributed by atoms with Gasteiger partial charge in [-0.3, -0.25) is 4.98 Å². The molecule has 4 heteroatoms. The molecule has 1 unspecified atom stereocenters. The molecule has 0 aromatic carbocycles. The van der Waals surface area contributed by atoms with Crippen molar-refractivity contribution in [2.24, 2.45) is 0 Å². The molecule has 2 N–H and O–H groups in total. The van der Waals surface area contributed by atoms with E-state index in [9.17, 15) is 10.0 Å². The summed E-state index contributed by atoms with van der Waals surface area (Å²) in [7, 11) is -2.40. The predicted molar refractivity (Wildman–Crippen MR) is 57.5 cm³/mol. The van der Waals surface area contributed by atoms with Crippen LogP contribution >= 0.6 is 0 Å². The van der Waals surface area contributed by atoms with Crippen LogP contribution in [0.5, 0.6) is 0 Å². The Kier molecular flexibility index (Phi) is 1.00. The van der Waals surface area contributed by atoms with Gasteiger partial charge in [-0.05, 0) is 36.2 Å². The number of pyridine rings is 1. The van der Waals surface area contributed by atoms with Gasteiger partial charge in [0.05, 0.1) is 0 Å². The number of hydrogen-bond acceptors (Lipinski definition) is 3. The van der Waals surface area contributed by atoms with Gasteiger partial charge in [0, 0.05) is 28.3 Å². The third-order valence-electron chi connectivity index (χ3n) is 1.60. The third-order valence-corrected chi connectivity index (χ3v) is 1.60. The van der Waals surface area contributed by atoms with E-state index in [0.29, 0.717) is 12.3 Å². The second-order valence-corrected chi connectivity index (χ2v) is 2.53. The first-order chi connectivity index (χ1) is 11.3. The van der Waals surface area contributed by atoms with Crippen LogP contribution in [0.1, 0.15) is 53.7 Å². The van der Waals surface area contributed by atoms with E-state index in [0.717, 1.165) is 0 Å². The first-order valence-corrected chi connectivity index (χ1v) is 3.65. The van der Waals surface area contributed by atoms with Gasteiger partial charge in [0.15, 0.2) is 0 Å². The van der Waals surface area contributed by atoms with Crippen LogP contribution < -0.4 is 5.46 Å². The molecule has 0 spiro atoms. The van der Waals surface area contributed by atoms with Crippen molar-refractivity contribution < 1.29 is 26.5 Å². The number of aromatic nitrogens is 1. The van der Waals surface area contributed by atoms with Gasteiger partial charge in [-0.2, -0.15) is 0 Å². The Morgan fingerprint density at radius 2 is 2.64 bits per heavy atom. The zero-order valence-corrected chi connectivity index (χ0v) is 7.07. The summed E-state index contributed by atoms with van der Waals surface area (Å²) in [6.07, 6.45) is -3.07. The summed E-state index contributed by atoms with van der Waals surface area (Å²) in [5.74, 6) is -3.44. The lowest BCUT2D eigenvalue weighted by Crippen LogP contribution is -2.33. The third kappa shape index (κ3) is 2.33. The average Bonchev–Trinajstić information content (AvgIpc) is 2.41. The molecule has 0 fully saturated rings. The first-order valence-electron chi connectivity index (χ1n) is 9.65. The van der Waals surface area contributed by atoms with Crippen molar-refractivity contribution in [1.82, 2.24) is 4.98 Å². The molecule has 0 radical (unpaired) electrons. The summed E-state index contributed by atoms with van der Waals surface area (Å²) in [4.78, 5) is 3.49. The highest BCUT2D eigenvalue weighted by Gasteiger charge is 2.16. The van der Waals surface area contributed by atoms with Crippen molar-refractivity contribution >= 4 is 12.6 Å². The van der Waals surface area contributed by atoms with Crippen LogP contribution in [0.15, 0.2) is 12.3 Å². The van der Waals surface area contributed by atoms with Gasteiger partial charge in [0.25, 0.3) is 0 Å². The Hall–Kier alpha value is -0.865. The van der Waals surface area contributed by atoms with E-state index in [-0.39, 0.29) is 0 Å². The molecule has 1 heterocycles. The van der Waals surface area contributed by atoms with Gasteiger partial charge in [-0.1, -0.05) is 13.7 Å². The van der Waals surface area contributed by atoms with Gasteiger partial charge >= 0.3 is 7.12 Å². The molecule has 0 bridgehead atoms. The number of hydrogen-bond donors (Lipinski definition) is 2. The Balaban J connectivity index is 3.85. The molecule has 76 valence electrons. The van der Waals surface area contributed by atoms with Crippen molar-refractivity contribution in [3.8, 4) is 0 Å². The first kappa shape index (κ1) is 3.06. The van der Waals surface area contributed by atoms with Gasteiger partial charge < -0.3 is 10.0 Å². The summed E-state index contributed by atoms with van der Waals surface area (Å²) in [5.41, 5.74) is -2.34. The van der Waals surface area contributed by atoms with E-state index in [1.54, 1.807) is 0 Å². The van der Waals surface area contributed by atoms with E-state index in [1.807, 2.05) is 0 Å². The van der Waals surface area contributed by atoms with Crippen molar-refractivity contribution in [1.29, 1.82) is 0 Å². The summed E-state index contributed by atoms with van der Waals surface area (Å²) in [5, 5.41) is 18.8. The van der Waals surface area contributed by atoms with E-state index < -0.39 is 56.7 Å². The molecule has 0 aliphatic rings. The molecule has 14 heavy (non-hydrogen) atoms. The predicted octanol–water partition coefficient (Wildman–Crippen LogP) is 0.583. The zero-order chi connectivity index (χ0) is 20.9. The van der Waals surface area contributed by atoms with Crippen LogP contribution in [0.25, 0.3) is 0 Å². The van der Waals surface area contributed by atoms with Crippen LogP contribution in [0.3, 0.4) is 0 Å². The van der Waals surface area contributed by atoms with Gasteiger partial charge in [-0.25, -0.2) is 0 Å². The molecular formula is C10H16BNO2. The van der Waals surface area contributed by atoms with Crippen molar-refractivity contribution in [2.45, 2.75) is 32.8 Å². The molecule has 1 aromatic heterocycles. The molecule has 1 aromatic rings. The van der Waals surface area contributed by atoms with Crippen molar-refractivity contribution in [3.63, 3.8) is 0 Å². The normalized spacial score (nSPS) is 31.3. The maximum Gasteiger partial charge on any atom is 0.488 e. The summed E-state index contributed by atoms with van der Waals surface area (Å²) in [6, 6.07) is 0.523. The fourth-order valence-corrected chi connectivity index (χ4v) is 0.885. The minimum Gasteiger partial charge on any atom is -0.423 e. The number of nitrogens with zero attached hydrogens (tertiary/aromatic N) is 1. The molecular weight excluding hydrogens is 177 g/mol. The second-order valence-electron chi connectivity index (χ2n) is 2.53. The largest absolute Gasteiger partial charge is 0.488 e. The van der Waals surface area contributed by atoms with E-state index >= 15 is 0 Å². The van der Waals surface area contributed by atoms with Crippen LogP contribution in [0, 0.1) is 6.85 Å². The van der Waals surface area contributed by atoms with Crippen LogP contribution in [0.4, 0.5) is 0 Å². The topological polar surface area (TPSA) is 53.4 Å². The summed E-state index contributed by atoms with van der Waals surface area (Å²) in [6.45, 7) is -9.93. The highest BCUT2D eigenvalue weighted by molar-refractivity contribution is 6.59.